The van der Waals surface area contributed by atoms with E-state index in [4.69, 9.17) is 5.73 Å². The summed E-state index contributed by atoms with van der Waals surface area (Å²) < 4.78 is 0. The van der Waals surface area contributed by atoms with Crippen LogP contribution in [0.15, 0.2) is 59.2 Å². The maximum absolute atomic E-state index is 9.82. The van der Waals surface area contributed by atoms with Gasteiger partial charge in [0.2, 0.25) is 0 Å². The van der Waals surface area contributed by atoms with Gasteiger partial charge in [0.05, 0.1) is 23.0 Å². The fraction of sp³-hybridized carbons (Fsp3) is 0.292. The van der Waals surface area contributed by atoms with Crippen LogP contribution in [0.3, 0.4) is 0 Å². The smallest absolute Gasteiger partial charge is 0.127 e. The van der Waals surface area contributed by atoms with E-state index in [2.05, 4.69) is 41.2 Å². The molecule has 0 amide bonds. The van der Waals surface area contributed by atoms with E-state index in [9.17, 15) is 10.5 Å². The summed E-state index contributed by atoms with van der Waals surface area (Å²) in [6, 6.07) is 20.1. The van der Waals surface area contributed by atoms with Crippen LogP contribution in [0.25, 0.3) is 6.08 Å². The van der Waals surface area contributed by atoms with Gasteiger partial charge in [0.25, 0.3) is 0 Å². The molecule has 1 saturated heterocycles. The number of benzene rings is 2. The van der Waals surface area contributed by atoms with Crippen LogP contribution in [0.2, 0.25) is 0 Å². The van der Waals surface area contributed by atoms with E-state index < -0.39 is 12.1 Å². The van der Waals surface area contributed by atoms with Crippen molar-refractivity contribution in [3.63, 3.8) is 0 Å². The number of nitrogens with zero attached hydrogens (tertiary/aromatic N) is 5. The standard InChI is InChI=1S/C24H24N6/c1-17-13-18(9-10-22(17)29-11-5-6-12-29)14-19(15-25)23-21(16-26)24(27)30(28-23)20-7-3-2-4-8-20/h2-4,7-10,13-14,21,24H,5-6,11-12,27H2,1H3/b19-14+/t21-,24-/m0/s1. The fourth-order valence-corrected chi connectivity index (χ4v) is 4.13. The Labute approximate surface area is 177 Å². The number of nitrogens with two attached hydrogens (primary N) is 1. The number of hydrazone groups is 1. The molecule has 150 valence electrons. The van der Waals surface area contributed by atoms with E-state index in [0.717, 1.165) is 24.3 Å². The third-order valence-electron chi connectivity index (χ3n) is 5.67. The molecule has 2 aliphatic heterocycles. The second-order valence-corrected chi connectivity index (χ2v) is 7.67. The zero-order chi connectivity index (χ0) is 21.1. The summed E-state index contributed by atoms with van der Waals surface area (Å²) in [4.78, 5) is 2.40. The number of allylic oxidation sites excluding steroid dienone is 1. The Balaban J connectivity index is 1.67. The number of nitriles is 2. The van der Waals surface area contributed by atoms with Crippen molar-refractivity contribution in [2.45, 2.75) is 25.9 Å². The van der Waals surface area contributed by atoms with Gasteiger partial charge in [-0.25, -0.2) is 5.01 Å². The highest BCUT2D eigenvalue weighted by Gasteiger charge is 2.37. The highest BCUT2D eigenvalue weighted by Crippen LogP contribution is 2.30. The van der Waals surface area contributed by atoms with Crippen LogP contribution in [0, 0.1) is 35.5 Å². The summed E-state index contributed by atoms with van der Waals surface area (Å²) in [6.07, 6.45) is 3.62. The van der Waals surface area contributed by atoms with Crippen LogP contribution in [0.1, 0.15) is 24.0 Å². The van der Waals surface area contributed by atoms with Crippen LogP contribution < -0.4 is 15.6 Å². The third-order valence-corrected chi connectivity index (χ3v) is 5.67. The van der Waals surface area contributed by atoms with Gasteiger partial charge in [0.15, 0.2) is 0 Å². The molecule has 1 fully saturated rings. The second-order valence-electron chi connectivity index (χ2n) is 7.67. The molecule has 2 aliphatic rings. The molecule has 6 nitrogen and oxygen atoms in total. The summed E-state index contributed by atoms with van der Waals surface area (Å²) >= 11 is 0. The summed E-state index contributed by atoms with van der Waals surface area (Å²) in [7, 11) is 0. The fourth-order valence-electron chi connectivity index (χ4n) is 4.13. The molecular weight excluding hydrogens is 372 g/mol. The predicted octanol–water partition coefficient (Wildman–Crippen LogP) is 3.80. The lowest BCUT2D eigenvalue weighted by Gasteiger charge is -2.21. The normalized spacial score (nSPS) is 21.3. The Bertz CT molecular complexity index is 1070. The maximum atomic E-state index is 9.82. The molecule has 2 aromatic carbocycles. The summed E-state index contributed by atoms with van der Waals surface area (Å²) in [5, 5.41) is 25.7. The van der Waals surface area contributed by atoms with Crippen LogP contribution in [0.4, 0.5) is 11.4 Å². The van der Waals surface area contributed by atoms with Gasteiger partial charge in [0.1, 0.15) is 18.2 Å². The first-order valence-electron chi connectivity index (χ1n) is 10.2. The Morgan fingerprint density at radius 3 is 2.50 bits per heavy atom. The number of para-hydroxylation sites is 1. The monoisotopic (exact) mass is 396 g/mol. The molecule has 4 rings (SSSR count). The minimum Gasteiger partial charge on any atom is -0.371 e. The first-order valence-corrected chi connectivity index (χ1v) is 10.2. The minimum atomic E-state index is -0.680. The van der Waals surface area contributed by atoms with Crippen LogP contribution in [0.5, 0.6) is 0 Å². The third kappa shape index (κ3) is 3.66. The van der Waals surface area contributed by atoms with Crippen LogP contribution in [-0.2, 0) is 0 Å². The summed E-state index contributed by atoms with van der Waals surface area (Å²) in [6.45, 7) is 4.27. The van der Waals surface area contributed by atoms with Crippen LogP contribution in [-0.4, -0.2) is 25.0 Å². The minimum absolute atomic E-state index is 0.365. The molecule has 6 heteroatoms. The van der Waals surface area contributed by atoms with Gasteiger partial charge in [-0.15, -0.1) is 0 Å². The average molecular weight is 396 g/mol. The number of rotatable bonds is 4. The van der Waals surface area contributed by atoms with Gasteiger partial charge in [-0.1, -0.05) is 24.3 Å². The molecule has 0 radical (unpaired) electrons. The molecule has 30 heavy (non-hydrogen) atoms. The summed E-state index contributed by atoms with van der Waals surface area (Å²) in [5.74, 6) is -0.680. The molecule has 2 atom stereocenters. The molecule has 0 unspecified atom stereocenters. The number of hydrogen-bond donors (Lipinski definition) is 1. The SMILES string of the molecule is Cc1cc(/C=C(\C#N)C2=NN(c3ccccc3)[C@H](N)[C@H]2C#N)ccc1N1CCCC1. The molecule has 2 heterocycles. The first-order chi connectivity index (χ1) is 14.6. The Kier molecular flexibility index (Phi) is 5.52. The van der Waals surface area contributed by atoms with Crippen molar-refractivity contribution in [2.24, 2.45) is 16.8 Å². The van der Waals surface area contributed by atoms with E-state index >= 15 is 0 Å². The van der Waals surface area contributed by atoms with Gasteiger partial charge < -0.3 is 10.6 Å². The highest BCUT2D eigenvalue weighted by atomic mass is 15.5. The van der Waals surface area contributed by atoms with Gasteiger partial charge >= 0.3 is 0 Å². The van der Waals surface area contributed by atoms with Gasteiger partial charge in [-0.2, -0.15) is 15.6 Å². The van der Waals surface area contributed by atoms with Crippen molar-refractivity contribution >= 4 is 23.2 Å². The Hall–Kier alpha value is -3.61. The summed E-state index contributed by atoms with van der Waals surface area (Å²) in [5.41, 5.74) is 11.2. The van der Waals surface area contributed by atoms with Gasteiger partial charge in [0, 0.05) is 18.8 Å². The molecule has 2 N–H and O–H groups in total. The molecule has 2 aromatic rings. The lowest BCUT2D eigenvalue weighted by Crippen LogP contribution is -2.40. The average Bonchev–Trinajstić information content (AvgIpc) is 3.41. The first kappa shape index (κ1) is 19.7. The van der Waals surface area contributed by atoms with Crippen molar-refractivity contribution in [2.75, 3.05) is 23.0 Å². The van der Waals surface area contributed by atoms with E-state index in [0.29, 0.717) is 11.3 Å². The zero-order valence-electron chi connectivity index (χ0n) is 17.0. The maximum Gasteiger partial charge on any atom is 0.127 e. The number of hydrogen-bond acceptors (Lipinski definition) is 6. The van der Waals surface area contributed by atoms with Crippen molar-refractivity contribution in [1.82, 2.24) is 0 Å². The van der Waals surface area contributed by atoms with E-state index in [1.165, 1.54) is 24.1 Å². The lowest BCUT2D eigenvalue weighted by atomic mass is 9.95. The molecular formula is C24H24N6. The van der Waals surface area contributed by atoms with E-state index in [1.807, 2.05) is 36.4 Å². The van der Waals surface area contributed by atoms with E-state index in [-0.39, 0.29) is 0 Å². The molecule has 0 bridgehead atoms. The number of aryl methyl sites for hydroxylation is 1. The van der Waals surface area contributed by atoms with Crippen molar-refractivity contribution in [3.8, 4) is 12.1 Å². The molecule has 0 aromatic heterocycles. The van der Waals surface area contributed by atoms with Gasteiger partial charge in [-0.05, 0) is 61.2 Å². The Morgan fingerprint density at radius 1 is 1.13 bits per heavy atom. The van der Waals surface area contributed by atoms with E-state index in [1.54, 1.807) is 11.1 Å². The number of anilines is 2. The highest BCUT2D eigenvalue weighted by molar-refractivity contribution is 6.11. The zero-order valence-corrected chi connectivity index (χ0v) is 17.0. The quantitative estimate of drug-likeness (QED) is 0.794. The van der Waals surface area contributed by atoms with Gasteiger partial charge in [-0.3, -0.25) is 0 Å². The lowest BCUT2D eigenvalue weighted by molar-refractivity contribution is 0.624. The van der Waals surface area contributed by atoms with Crippen molar-refractivity contribution in [3.05, 3.63) is 65.2 Å². The second kappa shape index (κ2) is 8.41. The van der Waals surface area contributed by atoms with Crippen molar-refractivity contribution in [1.29, 1.82) is 10.5 Å². The molecule has 0 spiro atoms. The predicted molar refractivity (Wildman–Crippen MR) is 120 cm³/mol. The topological polar surface area (TPSA) is 92.4 Å². The van der Waals surface area contributed by atoms with Crippen molar-refractivity contribution < 1.29 is 0 Å². The largest absolute Gasteiger partial charge is 0.371 e. The molecule has 0 aliphatic carbocycles. The molecule has 0 saturated carbocycles. The van der Waals surface area contributed by atoms with Crippen LogP contribution >= 0.6 is 0 Å². The Morgan fingerprint density at radius 2 is 1.87 bits per heavy atom.